The first-order valence-electron chi connectivity index (χ1n) is 8.22. The van der Waals surface area contributed by atoms with Crippen LogP contribution in [0.5, 0.6) is 0 Å². The normalized spacial score (nSPS) is 22.6. The van der Waals surface area contributed by atoms with Gasteiger partial charge in [-0.25, -0.2) is 0 Å². The largest absolute Gasteiger partial charge is 0.370 e. The van der Waals surface area contributed by atoms with Crippen LogP contribution in [0.2, 0.25) is 5.02 Å². The van der Waals surface area contributed by atoms with Crippen LogP contribution in [0.4, 0.5) is 5.69 Å². The van der Waals surface area contributed by atoms with Crippen molar-refractivity contribution in [2.75, 3.05) is 11.9 Å². The van der Waals surface area contributed by atoms with Crippen LogP contribution in [0, 0.1) is 5.92 Å². The van der Waals surface area contributed by atoms with Gasteiger partial charge in [-0.2, -0.15) is 0 Å². The third kappa shape index (κ3) is 4.37. The Labute approximate surface area is 134 Å². The molecule has 0 amide bonds. The van der Waals surface area contributed by atoms with E-state index in [-0.39, 0.29) is 0 Å². The van der Waals surface area contributed by atoms with Crippen LogP contribution in [0.15, 0.2) is 18.2 Å². The van der Waals surface area contributed by atoms with Gasteiger partial charge in [-0.15, -0.1) is 0 Å². The lowest BCUT2D eigenvalue weighted by atomic mass is 9.86. The Morgan fingerprint density at radius 2 is 2.10 bits per heavy atom. The van der Waals surface area contributed by atoms with Crippen LogP contribution in [-0.4, -0.2) is 19.1 Å². The summed E-state index contributed by atoms with van der Waals surface area (Å²) >= 11 is 6.53. The van der Waals surface area contributed by atoms with Crippen molar-refractivity contribution in [3.8, 4) is 0 Å². The molecule has 21 heavy (non-hydrogen) atoms. The lowest BCUT2D eigenvalue weighted by Crippen LogP contribution is -2.36. The third-order valence-electron chi connectivity index (χ3n) is 4.58. The molecule has 1 N–H and O–H groups in total. The number of para-hydroxylation sites is 1. The van der Waals surface area contributed by atoms with Crippen LogP contribution < -0.4 is 10.2 Å². The van der Waals surface area contributed by atoms with Crippen molar-refractivity contribution in [2.24, 2.45) is 5.92 Å². The second-order valence-corrected chi connectivity index (χ2v) is 7.23. The number of nitrogens with one attached hydrogen (secondary N) is 1. The van der Waals surface area contributed by atoms with E-state index in [9.17, 15) is 0 Å². The lowest BCUT2D eigenvalue weighted by molar-refractivity contribution is 0.336. The van der Waals surface area contributed by atoms with Gasteiger partial charge in [0.15, 0.2) is 0 Å². The molecule has 0 bridgehead atoms. The highest BCUT2D eigenvalue weighted by molar-refractivity contribution is 6.33. The summed E-state index contributed by atoms with van der Waals surface area (Å²) in [4.78, 5) is 2.43. The van der Waals surface area contributed by atoms with Gasteiger partial charge in [-0.05, 0) is 30.4 Å². The van der Waals surface area contributed by atoms with Gasteiger partial charge in [-0.1, -0.05) is 57.3 Å². The first-order chi connectivity index (χ1) is 9.99. The summed E-state index contributed by atoms with van der Waals surface area (Å²) in [7, 11) is 2.21. The SMILES string of the molecule is CC1CCCC(N(C)c2c(Cl)cccc2CNC(C)C)C1. The fraction of sp³-hybridized carbons (Fsp3) is 0.667. The molecule has 0 aliphatic heterocycles. The van der Waals surface area contributed by atoms with E-state index in [2.05, 4.69) is 50.2 Å². The molecular formula is C18H29ClN2. The standard InChI is InChI=1S/C18H29ClN2/c1-13(2)20-12-15-8-6-10-17(19)18(15)21(4)16-9-5-7-14(3)11-16/h6,8,10,13-14,16,20H,5,7,9,11-12H2,1-4H3. The molecule has 1 aromatic rings. The average molecular weight is 309 g/mol. The predicted octanol–water partition coefficient (Wildman–Crippen LogP) is 4.85. The summed E-state index contributed by atoms with van der Waals surface area (Å²) in [5.74, 6) is 0.825. The van der Waals surface area contributed by atoms with Crippen molar-refractivity contribution in [3.05, 3.63) is 28.8 Å². The summed E-state index contributed by atoms with van der Waals surface area (Å²) in [6, 6.07) is 7.36. The smallest absolute Gasteiger partial charge is 0.0642 e. The molecule has 1 aliphatic carbocycles. The van der Waals surface area contributed by atoms with E-state index >= 15 is 0 Å². The van der Waals surface area contributed by atoms with Crippen LogP contribution >= 0.6 is 11.6 Å². The maximum absolute atomic E-state index is 6.53. The highest BCUT2D eigenvalue weighted by Crippen LogP contribution is 2.35. The zero-order valence-corrected chi connectivity index (χ0v) is 14.6. The minimum absolute atomic E-state index is 0.483. The fourth-order valence-corrected chi connectivity index (χ4v) is 3.68. The molecule has 3 heteroatoms. The van der Waals surface area contributed by atoms with Gasteiger partial charge in [0.2, 0.25) is 0 Å². The second kappa shape index (κ2) is 7.51. The first kappa shape index (κ1) is 16.6. The lowest BCUT2D eigenvalue weighted by Gasteiger charge is -2.37. The maximum Gasteiger partial charge on any atom is 0.0642 e. The summed E-state index contributed by atoms with van der Waals surface area (Å²) in [5, 5.41) is 4.38. The van der Waals surface area contributed by atoms with E-state index in [0.717, 1.165) is 17.5 Å². The Bertz CT molecular complexity index is 459. The van der Waals surface area contributed by atoms with Crippen molar-refractivity contribution in [1.82, 2.24) is 5.32 Å². The van der Waals surface area contributed by atoms with Crippen molar-refractivity contribution >= 4 is 17.3 Å². The molecular weight excluding hydrogens is 280 g/mol. The molecule has 0 saturated heterocycles. The minimum Gasteiger partial charge on any atom is -0.370 e. The highest BCUT2D eigenvalue weighted by Gasteiger charge is 2.25. The number of hydrogen-bond acceptors (Lipinski definition) is 2. The molecule has 2 atom stereocenters. The minimum atomic E-state index is 0.483. The van der Waals surface area contributed by atoms with Gasteiger partial charge in [0.05, 0.1) is 10.7 Å². The molecule has 2 rings (SSSR count). The molecule has 0 radical (unpaired) electrons. The topological polar surface area (TPSA) is 15.3 Å². The number of hydrogen-bond donors (Lipinski definition) is 1. The molecule has 0 spiro atoms. The molecule has 0 heterocycles. The first-order valence-corrected chi connectivity index (χ1v) is 8.60. The average Bonchev–Trinajstić information content (AvgIpc) is 2.44. The Hall–Kier alpha value is -0.730. The quantitative estimate of drug-likeness (QED) is 0.836. The van der Waals surface area contributed by atoms with Gasteiger partial charge in [-0.3, -0.25) is 0 Å². The molecule has 1 aliphatic rings. The number of halogens is 1. The van der Waals surface area contributed by atoms with Crippen LogP contribution in [0.25, 0.3) is 0 Å². The highest BCUT2D eigenvalue weighted by atomic mass is 35.5. The van der Waals surface area contributed by atoms with Crippen molar-refractivity contribution in [3.63, 3.8) is 0 Å². The summed E-state index contributed by atoms with van der Waals surface area (Å²) < 4.78 is 0. The molecule has 1 aromatic carbocycles. The van der Waals surface area contributed by atoms with Gasteiger partial charge in [0.1, 0.15) is 0 Å². The zero-order chi connectivity index (χ0) is 15.4. The summed E-state index contributed by atoms with van der Waals surface area (Å²) in [5.41, 5.74) is 2.52. The van der Waals surface area contributed by atoms with E-state index in [1.165, 1.54) is 36.9 Å². The van der Waals surface area contributed by atoms with Crippen molar-refractivity contribution in [2.45, 2.75) is 65.1 Å². The van der Waals surface area contributed by atoms with Crippen molar-refractivity contribution < 1.29 is 0 Å². The third-order valence-corrected chi connectivity index (χ3v) is 4.89. The monoisotopic (exact) mass is 308 g/mol. The Morgan fingerprint density at radius 3 is 2.76 bits per heavy atom. The number of nitrogens with zero attached hydrogens (tertiary/aromatic N) is 1. The molecule has 0 aromatic heterocycles. The van der Waals surface area contributed by atoms with E-state index < -0.39 is 0 Å². The van der Waals surface area contributed by atoms with Crippen LogP contribution in [0.1, 0.15) is 52.0 Å². The molecule has 2 nitrogen and oxygen atoms in total. The molecule has 118 valence electrons. The number of benzene rings is 1. The molecule has 1 saturated carbocycles. The Balaban J connectivity index is 2.20. The van der Waals surface area contributed by atoms with Crippen LogP contribution in [-0.2, 0) is 6.54 Å². The molecule has 2 unspecified atom stereocenters. The Morgan fingerprint density at radius 1 is 1.33 bits per heavy atom. The van der Waals surface area contributed by atoms with E-state index in [1.807, 2.05) is 6.07 Å². The summed E-state index contributed by atoms with van der Waals surface area (Å²) in [6.07, 6.45) is 5.26. The van der Waals surface area contributed by atoms with Gasteiger partial charge in [0.25, 0.3) is 0 Å². The number of anilines is 1. The van der Waals surface area contributed by atoms with E-state index in [4.69, 9.17) is 11.6 Å². The van der Waals surface area contributed by atoms with E-state index in [1.54, 1.807) is 0 Å². The second-order valence-electron chi connectivity index (χ2n) is 6.82. The van der Waals surface area contributed by atoms with E-state index in [0.29, 0.717) is 12.1 Å². The number of rotatable bonds is 5. The fourth-order valence-electron chi connectivity index (χ4n) is 3.35. The predicted molar refractivity (Wildman–Crippen MR) is 93.3 cm³/mol. The molecule has 1 fully saturated rings. The summed E-state index contributed by atoms with van der Waals surface area (Å²) in [6.45, 7) is 7.60. The van der Waals surface area contributed by atoms with Crippen molar-refractivity contribution in [1.29, 1.82) is 0 Å². The van der Waals surface area contributed by atoms with Crippen LogP contribution in [0.3, 0.4) is 0 Å². The van der Waals surface area contributed by atoms with Gasteiger partial charge < -0.3 is 10.2 Å². The van der Waals surface area contributed by atoms with Gasteiger partial charge in [0, 0.05) is 25.7 Å². The maximum atomic E-state index is 6.53. The van der Waals surface area contributed by atoms with Gasteiger partial charge >= 0.3 is 0 Å². The zero-order valence-electron chi connectivity index (χ0n) is 13.8. The Kier molecular flexibility index (Phi) is 5.95.